The molecule has 3 aromatic carbocycles. The van der Waals surface area contributed by atoms with Crippen LogP contribution in [0, 0.1) is 0 Å². The Kier molecular flexibility index (Phi) is 5.60. The molecule has 1 aromatic heterocycles. The molecule has 7 heteroatoms. The van der Waals surface area contributed by atoms with Crippen LogP contribution >= 0.6 is 31.9 Å². The maximum atomic E-state index is 13.1. The van der Waals surface area contributed by atoms with E-state index in [4.69, 9.17) is 0 Å². The van der Waals surface area contributed by atoms with Crippen LogP contribution in [0.4, 0.5) is 0 Å². The molecule has 0 aliphatic carbocycles. The third-order valence-corrected chi connectivity index (χ3v) is 5.60. The van der Waals surface area contributed by atoms with Crippen LogP contribution in [0.3, 0.4) is 0 Å². The number of aromatic nitrogens is 2. The quantitative estimate of drug-likeness (QED) is 0.387. The normalized spacial score (nSPS) is 11.4. The van der Waals surface area contributed by atoms with Crippen molar-refractivity contribution in [2.75, 3.05) is 0 Å². The molecule has 0 radical (unpaired) electrons. The van der Waals surface area contributed by atoms with Gasteiger partial charge in [0.1, 0.15) is 11.6 Å². The van der Waals surface area contributed by atoms with Crippen molar-refractivity contribution in [1.29, 1.82) is 0 Å². The van der Waals surface area contributed by atoms with Gasteiger partial charge in [0, 0.05) is 6.42 Å². The van der Waals surface area contributed by atoms with E-state index in [2.05, 4.69) is 41.9 Å². The number of benzene rings is 3. The number of halogens is 2. The molecular formula is C22H15Br2N3O2. The molecule has 0 saturated heterocycles. The zero-order valence-corrected chi connectivity index (χ0v) is 18.3. The van der Waals surface area contributed by atoms with E-state index in [1.165, 1.54) is 4.68 Å². The van der Waals surface area contributed by atoms with Crippen LogP contribution in [0.1, 0.15) is 17.0 Å². The first-order valence-corrected chi connectivity index (χ1v) is 10.4. The molecular weight excluding hydrogens is 498 g/mol. The number of hydrogen-bond donors (Lipinski definition) is 1. The number of hydrogen-bond acceptors (Lipinski definition) is 4. The van der Waals surface area contributed by atoms with Crippen LogP contribution in [0.25, 0.3) is 10.9 Å². The summed E-state index contributed by atoms with van der Waals surface area (Å²) in [7, 11) is 0. The molecule has 4 rings (SSSR count). The zero-order chi connectivity index (χ0) is 20.4. The molecule has 1 heterocycles. The highest BCUT2D eigenvalue weighted by atomic mass is 79.9. The van der Waals surface area contributed by atoms with Crippen molar-refractivity contribution in [3.8, 4) is 5.75 Å². The van der Waals surface area contributed by atoms with Gasteiger partial charge < -0.3 is 5.11 Å². The van der Waals surface area contributed by atoms with Crippen molar-refractivity contribution < 1.29 is 5.11 Å². The molecule has 0 saturated carbocycles. The number of para-hydroxylation sites is 1. The minimum Gasteiger partial charge on any atom is -0.506 e. The van der Waals surface area contributed by atoms with E-state index in [1.54, 1.807) is 24.4 Å². The Morgan fingerprint density at radius 3 is 2.38 bits per heavy atom. The van der Waals surface area contributed by atoms with Crippen molar-refractivity contribution in [1.82, 2.24) is 9.66 Å². The van der Waals surface area contributed by atoms with Gasteiger partial charge in [0.25, 0.3) is 5.56 Å². The van der Waals surface area contributed by atoms with Crippen LogP contribution < -0.4 is 5.56 Å². The molecule has 0 aliphatic heterocycles. The molecule has 0 fully saturated rings. The topological polar surface area (TPSA) is 67.5 Å². The van der Waals surface area contributed by atoms with Gasteiger partial charge in [-0.2, -0.15) is 9.78 Å². The average Bonchev–Trinajstić information content (AvgIpc) is 2.72. The lowest BCUT2D eigenvalue weighted by Crippen LogP contribution is -2.22. The SMILES string of the molecule is O=c1c2ccccc2nc(Cc2ccccc2)n1N=Cc1cc(Br)c(O)c(Br)c1. The summed E-state index contributed by atoms with van der Waals surface area (Å²) in [6.45, 7) is 0. The zero-order valence-electron chi connectivity index (χ0n) is 15.1. The second-order valence-corrected chi connectivity index (χ2v) is 8.11. The molecule has 0 bridgehead atoms. The molecule has 0 amide bonds. The second-order valence-electron chi connectivity index (χ2n) is 6.40. The number of rotatable bonds is 4. The third-order valence-electron chi connectivity index (χ3n) is 4.39. The predicted molar refractivity (Wildman–Crippen MR) is 122 cm³/mol. The van der Waals surface area contributed by atoms with E-state index in [-0.39, 0.29) is 11.3 Å². The predicted octanol–water partition coefficient (Wildman–Crippen LogP) is 5.10. The molecule has 1 N–H and O–H groups in total. The largest absolute Gasteiger partial charge is 0.506 e. The summed E-state index contributed by atoms with van der Waals surface area (Å²) in [5.74, 6) is 0.657. The Hall–Kier alpha value is -2.77. The monoisotopic (exact) mass is 511 g/mol. The van der Waals surface area contributed by atoms with Gasteiger partial charge in [-0.25, -0.2) is 4.98 Å². The standard InChI is InChI=1S/C22H15Br2N3O2/c23-17-10-15(11-18(24)21(17)28)13-25-27-20(12-14-6-2-1-3-7-14)26-19-9-5-4-8-16(19)22(27)29/h1-11,13,28H,12H2. The number of aromatic hydroxyl groups is 1. The minimum atomic E-state index is -0.227. The van der Waals surface area contributed by atoms with Gasteiger partial charge in [-0.05, 0) is 67.3 Å². The lowest BCUT2D eigenvalue weighted by atomic mass is 10.1. The first kappa shape index (κ1) is 19.5. The maximum Gasteiger partial charge on any atom is 0.282 e. The lowest BCUT2D eigenvalue weighted by molar-refractivity contribution is 0.468. The van der Waals surface area contributed by atoms with Gasteiger partial charge in [-0.1, -0.05) is 42.5 Å². The van der Waals surface area contributed by atoms with E-state index in [0.29, 0.717) is 37.7 Å². The fraction of sp³-hybridized carbons (Fsp3) is 0.0455. The summed E-state index contributed by atoms with van der Waals surface area (Å²) in [4.78, 5) is 17.8. The highest BCUT2D eigenvalue weighted by Crippen LogP contribution is 2.32. The Labute approximate surface area is 183 Å². The fourth-order valence-electron chi connectivity index (χ4n) is 2.97. The molecule has 144 valence electrons. The van der Waals surface area contributed by atoms with E-state index >= 15 is 0 Å². The highest BCUT2D eigenvalue weighted by Gasteiger charge is 2.11. The van der Waals surface area contributed by atoms with Gasteiger partial charge in [-0.3, -0.25) is 4.79 Å². The van der Waals surface area contributed by atoms with Gasteiger partial charge in [-0.15, -0.1) is 0 Å². The van der Waals surface area contributed by atoms with Crippen molar-refractivity contribution in [2.45, 2.75) is 6.42 Å². The van der Waals surface area contributed by atoms with Crippen molar-refractivity contribution in [3.63, 3.8) is 0 Å². The summed E-state index contributed by atoms with van der Waals surface area (Å²) in [6, 6.07) is 20.5. The van der Waals surface area contributed by atoms with Crippen molar-refractivity contribution in [2.24, 2.45) is 5.10 Å². The van der Waals surface area contributed by atoms with Crippen molar-refractivity contribution >= 4 is 49.0 Å². The first-order valence-electron chi connectivity index (χ1n) is 8.80. The van der Waals surface area contributed by atoms with Gasteiger partial charge in [0.2, 0.25) is 0 Å². The molecule has 4 aromatic rings. The Balaban J connectivity index is 1.84. The number of nitrogens with zero attached hydrogens (tertiary/aromatic N) is 3. The maximum absolute atomic E-state index is 13.1. The van der Waals surface area contributed by atoms with Gasteiger partial charge >= 0.3 is 0 Å². The molecule has 0 unspecified atom stereocenters. The smallest absolute Gasteiger partial charge is 0.282 e. The summed E-state index contributed by atoms with van der Waals surface area (Å²) in [5, 5.41) is 14.8. The van der Waals surface area contributed by atoms with E-state index in [0.717, 1.165) is 5.56 Å². The van der Waals surface area contributed by atoms with Crippen LogP contribution in [0.2, 0.25) is 0 Å². The highest BCUT2D eigenvalue weighted by molar-refractivity contribution is 9.11. The van der Waals surface area contributed by atoms with Crippen molar-refractivity contribution in [3.05, 3.63) is 103 Å². The fourth-order valence-corrected chi connectivity index (χ4v) is 4.19. The number of phenolic OH excluding ortho intramolecular Hbond substituents is 1. The molecule has 5 nitrogen and oxygen atoms in total. The van der Waals surface area contributed by atoms with E-state index in [1.807, 2.05) is 48.5 Å². The van der Waals surface area contributed by atoms with Crippen LogP contribution in [-0.2, 0) is 6.42 Å². The van der Waals surface area contributed by atoms with Crippen LogP contribution in [-0.4, -0.2) is 21.0 Å². The Morgan fingerprint density at radius 2 is 1.66 bits per heavy atom. The first-order chi connectivity index (χ1) is 14.0. The minimum absolute atomic E-state index is 0.108. The molecule has 0 spiro atoms. The van der Waals surface area contributed by atoms with E-state index in [9.17, 15) is 9.90 Å². The Bertz CT molecular complexity index is 1260. The summed E-state index contributed by atoms with van der Waals surface area (Å²) in [6.07, 6.45) is 2.04. The lowest BCUT2D eigenvalue weighted by Gasteiger charge is -2.09. The molecule has 29 heavy (non-hydrogen) atoms. The van der Waals surface area contributed by atoms with E-state index < -0.39 is 0 Å². The summed E-state index contributed by atoms with van der Waals surface area (Å²) < 4.78 is 2.40. The van der Waals surface area contributed by atoms with Gasteiger partial charge in [0.15, 0.2) is 0 Å². The third kappa shape index (κ3) is 4.16. The second kappa shape index (κ2) is 8.31. The number of phenols is 1. The van der Waals surface area contributed by atoms with Crippen LogP contribution in [0.5, 0.6) is 5.75 Å². The molecule has 0 atom stereocenters. The summed E-state index contributed by atoms with van der Waals surface area (Å²) >= 11 is 6.61. The van der Waals surface area contributed by atoms with Crippen LogP contribution in [0.15, 0.2) is 85.6 Å². The summed E-state index contributed by atoms with van der Waals surface area (Å²) in [5.41, 5.74) is 2.17. The number of fused-ring (bicyclic) bond motifs is 1. The van der Waals surface area contributed by atoms with Gasteiger partial charge in [0.05, 0.1) is 26.1 Å². The average molecular weight is 513 g/mol. The Morgan fingerprint density at radius 1 is 1.00 bits per heavy atom. The molecule has 0 aliphatic rings.